The summed E-state index contributed by atoms with van der Waals surface area (Å²) in [5.41, 5.74) is 7.97. The zero-order chi connectivity index (χ0) is 20.1. The van der Waals surface area contributed by atoms with Crippen molar-refractivity contribution in [3.8, 4) is 0 Å². The molecule has 1 atom stereocenters. The minimum Gasteiger partial charge on any atom is -0.366 e. The molecule has 8 heteroatoms. The number of nitrogens with zero attached hydrogens (tertiary/aromatic N) is 2. The topological polar surface area (TPSA) is 114 Å². The average Bonchev–Trinajstić information content (AvgIpc) is 3.10. The van der Waals surface area contributed by atoms with Crippen LogP contribution >= 0.6 is 11.5 Å². The van der Waals surface area contributed by atoms with Crippen molar-refractivity contribution in [2.24, 2.45) is 17.5 Å². The summed E-state index contributed by atoms with van der Waals surface area (Å²) < 4.78 is 4.23. The molecular formula is C20H27N5O2S. The first-order chi connectivity index (χ1) is 13.5. The van der Waals surface area contributed by atoms with Crippen LogP contribution in [0.4, 0.5) is 16.4 Å². The van der Waals surface area contributed by atoms with E-state index in [1.807, 2.05) is 13.0 Å². The van der Waals surface area contributed by atoms with E-state index >= 15 is 0 Å². The normalized spacial score (nSPS) is 15.8. The van der Waals surface area contributed by atoms with Crippen LogP contribution in [0.5, 0.6) is 0 Å². The molecule has 1 heterocycles. The molecule has 2 aromatic rings. The second-order valence-electron chi connectivity index (χ2n) is 7.40. The van der Waals surface area contributed by atoms with Gasteiger partial charge in [0.15, 0.2) is 0 Å². The lowest BCUT2D eigenvalue weighted by Crippen LogP contribution is -2.43. The molecule has 5 N–H and O–H groups in total. The number of aromatic nitrogens is 1. The Labute approximate surface area is 169 Å². The Balaban J connectivity index is 1.82. The summed E-state index contributed by atoms with van der Waals surface area (Å²) in [4.78, 5) is 23.5. The van der Waals surface area contributed by atoms with Gasteiger partial charge in [-0.25, -0.2) is 5.84 Å². The first kappa shape index (κ1) is 20.3. The Bertz CT molecular complexity index is 832. The lowest BCUT2D eigenvalue weighted by atomic mass is 9.85. The fraction of sp³-hybridized carbons (Fsp3) is 0.450. The highest BCUT2D eigenvalue weighted by atomic mass is 32.1. The number of nitrogens with two attached hydrogens (primary N) is 2. The number of carbonyl (C=O) groups excluding carboxylic acids is 2. The SMILES string of the molecule is Cc1cc(Nc2cc(N(N)C(C=O)CC3CCCCC3)ccc2C(N)=O)sn1. The maximum absolute atomic E-state index is 11.8. The molecular weight excluding hydrogens is 374 g/mol. The Morgan fingerprint density at radius 1 is 1.36 bits per heavy atom. The van der Waals surface area contributed by atoms with Crippen molar-refractivity contribution in [2.75, 3.05) is 10.3 Å². The molecule has 0 saturated heterocycles. The summed E-state index contributed by atoms with van der Waals surface area (Å²) in [5, 5.41) is 5.49. The van der Waals surface area contributed by atoms with Gasteiger partial charge < -0.3 is 20.9 Å². The van der Waals surface area contributed by atoms with E-state index in [1.54, 1.807) is 18.2 Å². The van der Waals surface area contributed by atoms with E-state index in [0.29, 0.717) is 22.9 Å². The highest BCUT2D eigenvalue weighted by Crippen LogP contribution is 2.31. The number of hydrogen-bond acceptors (Lipinski definition) is 7. The number of benzene rings is 1. The van der Waals surface area contributed by atoms with E-state index in [2.05, 4.69) is 9.69 Å². The van der Waals surface area contributed by atoms with Crippen LogP contribution in [0, 0.1) is 12.8 Å². The quantitative estimate of drug-likeness (QED) is 0.354. The van der Waals surface area contributed by atoms with Crippen molar-refractivity contribution < 1.29 is 9.59 Å². The molecule has 1 amide bonds. The van der Waals surface area contributed by atoms with E-state index in [-0.39, 0.29) is 0 Å². The zero-order valence-electron chi connectivity index (χ0n) is 16.1. The summed E-state index contributed by atoms with van der Waals surface area (Å²) >= 11 is 1.30. The summed E-state index contributed by atoms with van der Waals surface area (Å²) in [7, 11) is 0. The van der Waals surface area contributed by atoms with E-state index in [1.165, 1.54) is 35.8 Å². The number of amides is 1. The van der Waals surface area contributed by atoms with Gasteiger partial charge in [-0.3, -0.25) is 4.79 Å². The van der Waals surface area contributed by atoms with Crippen LogP contribution in [-0.2, 0) is 4.79 Å². The summed E-state index contributed by atoms with van der Waals surface area (Å²) in [6.07, 6.45) is 7.67. The number of anilines is 3. The number of rotatable bonds is 8. The van der Waals surface area contributed by atoms with Gasteiger partial charge in [-0.05, 0) is 55.1 Å². The number of nitrogens with one attached hydrogen (secondary N) is 1. The minimum absolute atomic E-state index is 0.359. The molecule has 1 aliphatic carbocycles. The van der Waals surface area contributed by atoms with Gasteiger partial charge in [0.2, 0.25) is 0 Å². The van der Waals surface area contributed by atoms with Gasteiger partial charge in [-0.15, -0.1) is 0 Å². The molecule has 0 radical (unpaired) electrons. The third-order valence-electron chi connectivity index (χ3n) is 5.27. The average molecular weight is 402 g/mol. The lowest BCUT2D eigenvalue weighted by molar-refractivity contribution is -0.109. The van der Waals surface area contributed by atoms with Crippen molar-refractivity contribution in [1.82, 2.24) is 4.37 Å². The third-order valence-corrected chi connectivity index (χ3v) is 6.06. The lowest BCUT2D eigenvalue weighted by Gasteiger charge is -2.30. The van der Waals surface area contributed by atoms with Gasteiger partial charge in [0.25, 0.3) is 5.91 Å². The third kappa shape index (κ3) is 4.88. The van der Waals surface area contributed by atoms with Crippen LogP contribution in [0.15, 0.2) is 24.3 Å². The van der Waals surface area contributed by atoms with E-state index in [9.17, 15) is 9.59 Å². The maximum Gasteiger partial charge on any atom is 0.250 e. The van der Waals surface area contributed by atoms with Gasteiger partial charge in [0, 0.05) is 0 Å². The summed E-state index contributed by atoms with van der Waals surface area (Å²) in [5.74, 6) is 6.30. The molecule has 1 saturated carbocycles. The van der Waals surface area contributed by atoms with Gasteiger partial charge in [0.1, 0.15) is 17.3 Å². The van der Waals surface area contributed by atoms with Crippen molar-refractivity contribution in [2.45, 2.75) is 51.5 Å². The Hall–Kier alpha value is -2.45. The Morgan fingerprint density at radius 2 is 2.11 bits per heavy atom. The number of carbonyl (C=O) groups is 2. The van der Waals surface area contributed by atoms with Gasteiger partial charge >= 0.3 is 0 Å². The largest absolute Gasteiger partial charge is 0.366 e. The smallest absolute Gasteiger partial charge is 0.250 e. The number of hydrazine groups is 1. The molecule has 1 fully saturated rings. The minimum atomic E-state index is -0.534. The monoisotopic (exact) mass is 401 g/mol. The second kappa shape index (κ2) is 9.16. The van der Waals surface area contributed by atoms with Crippen LogP contribution in [-0.4, -0.2) is 22.6 Å². The van der Waals surface area contributed by atoms with Crippen molar-refractivity contribution in [3.05, 3.63) is 35.5 Å². The Kier molecular flexibility index (Phi) is 6.64. The Morgan fingerprint density at radius 3 is 2.71 bits per heavy atom. The van der Waals surface area contributed by atoms with Gasteiger partial charge in [-0.2, -0.15) is 4.37 Å². The van der Waals surface area contributed by atoms with Crippen LogP contribution in [0.3, 0.4) is 0 Å². The predicted octanol–water partition coefficient (Wildman–Crippen LogP) is 3.51. The fourth-order valence-electron chi connectivity index (χ4n) is 3.76. The molecule has 28 heavy (non-hydrogen) atoms. The van der Waals surface area contributed by atoms with Crippen molar-refractivity contribution >= 4 is 40.1 Å². The van der Waals surface area contributed by atoms with Gasteiger partial charge in [-0.1, -0.05) is 32.1 Å². The van der Waals surface area contributed by atoms with E-state index < -0.39 is 11.9 Å². The molecule has 1 aromatic heterocycles. The van der Waals surface area contributed by atoms with Crippen molar-refractivity contribution in [1.29, 1.82) is 0 Å². The highest BCUT2D eigenvalue weighted by Gasteiger charge is 2.23. The summed E-state index contributed by atoms with van der Waals surface area (Å²) in [6.45, 7) is 1.90. The van der Waals surface area contributed by atoms with Crippen LogP contribution < -0.4 is 21.9 Å². The van der Waals surface area contributed by atoms with Crippen LogP contribution in [0.1, 0.15) is 54.6 Å². The number of aryl methyl sites for hydroxylation is 1. The summed E-state index contributed by atoms with van der Waals surface area (Å²) in [6, 6.07) is 6.60. The van der Waals surface area contributed by atoms with Crippen LogP contribution in [0.2, 0.25) is 0 Å². The number of primary amides is 1. The number of hydrogen-bond donors (Lipinski definition) is 3. The van der Waals surface area contributed by atoms with Crippen LogP contribution in [0.25, 0.3) is 0 Å². The molecule has 1 aromatic carbocycles. The maximum atomic E-state index is 11.8. The second-order valence-corrected chi connectivity index (χ2v) is 8.21. The van der Waals surface area contributed by atoms with E-state index in [4.69, 9.17) is 11.6 Å². The zero-order valence-corrected chi connectivity index (χ0v) is 16.9. The highest BCUT2D eigenvalue weighted by molar-refractivity contribution is 7.10. The molecule has 0 spiro atoms. The molecule has 7 nitrogen and oxygen atoms in total. The van der Waals surface area contributed by atoms with Crippen molar-refractivity contribution in [3.63, 3.8) is 0 Å². The predicted molar refractivity (Wildman–Crippen MR) is 113 cm³/mol. The number of aldehydes is 1. The van der Waals surface area contributed by atoms with Gasteiger partial charge in [0.05, 0.1) is 22.6 Å². The fourth-order valence-corrected chi connectivity index (χ4v) is 4.43. The van der Waals surface area contributed by atoms with E-state index in [0.717, 1.165) is 36.2 Å². The first-order valence-corrected chi connectivity index (χ1v) is 10.4. The molecule has 1 aliphatic rings. The standard InChI is InChI=1S/C20H27N5O2S/c1-13-9-19(28-24-13)23-18-11-15(7-8-17(18)20(21)27)25(22)16(12-26)10-14-5-3-2-4-6-14/h7-9,11-12,14,16,23H,2-6,10,22H2,1H3,(H2,21,27). The molecule has 150 valence electrons. The molecule has 0 aliphatic heterocycles. The molecule has 3 rings (SSSR count). The first-order valence-electron chi connectivity index (χ1n) is 9.61. The molecule has 0 bridgehead atoms. The molecule has 1 unspecified atom stereocenters.